The Morgan fingerprint density at radius 1 is 1.50 bits per heavy atom. The summed E-state index contributed by atoms with van der Waals surface area (Å²) in [6.07, 6.45) is 8.00. The lowest BCUT2D eigenvalue weighted by molar-refractivity contribution is 0.0993. The van der Waals surface area contributed by atoms with Gasteiger partial charge in [-0.15, -0.1) is 11.3 Å². The first-order valence-electron chi connectivity index (χ1n) is 7.26. The number of hydrogen-bond donors (Lipinski definition) is 1. The first-order chi connectivity index (χ1) is 8.88. The summed E-state index contributed by atoms with van der Waals surface area (Å²) in [5, 5.41) is 5.79. The zero-order valence-electron chi connectivity index (χ0n) is 11.4. The molecule has 0 aliphatic carbocycles. The molecule has 1 N–H and O–H groups in total. The van der Waals surface area contributed by atoms with Crippen molar-refractivity contribution in [3.05, 3.63) is 22.4 Å². The Balaban J connectivity index is 1.69. The molecule has 2 nitrogen and oxygen atoms in total. The number of ether oxygens (including phenoxy) is 1. The van der Waals surface area contributed by atoms with Gasteiger partial charge in [0, 0.05) is 17.5 Å². The van der Waals surface area contributed by atoms with Crippen molar-refractivity contribution in [1.82, 2.24) is 5.32 Å². The SMILES string of the molecule is CCNC(CCc1cccs1)CCC1CCCO1. The maximum atomic E-state index is 5.71. The molecule has 2 heterocycles. The summed E-state index contributed by atoms with van der Waals surface area (Å²) in [6.45, 7) is 4.25. The van der Waals surface area contributed by atoms with Gasteiger partial charge in [-0.2, -0.15) is 0 Å². The third kappa shape index (κ3) is 4.71. The van der Waals surface area contributed by atoms with Crippen LogP contribution in [0.2, 0.25) is 0 Å². The molecular weight excluding hydrogens is 242 g/mol. The molecule has 1 fully saturated rings. The second-order valence-corrected chi connectivity index (χ2v) is 6.12. The van der Waals surface area contributed by atoms with Crippen LogP contribution in [0.1, 0.15) is 43.9 Å². The zero-order valence-corrected chi connectivity index (χ0v) is 12.2. The zero-order chi connectivity index (χ0) is 12.6. The molecule has 2 rings (SSSR count). The lowest BCUT2D eigenvalue weighted by Crippen LogP contribution is -2.30. The van der Waals surface area contributed by atoms with Gasteiger partial charge < -0.3 is 10.1 Å². The van der Waals surface area contributed by atoms with Crippen LogP contribution in [0, 0.1) is 0 Å². The van der Waals surface area contributed by atoms with Gasteiger partial charge in [0.1, 0.15) is 0 Å². The van der Waals surface area contributed by atoms with Gasteiger partial charge in [-0.1, -0.05) is 13.0 Å². The fraction of sp³-hybridized carbons (Fsp3) is 0.733. The van der Waals surface area contributed by atoms with Crippen molar-refractivity contribution in [2.45, 2.75) is 57.6 Å². The highest BCUT2D eigenvalue weighted by molar-refractivity contribution is 7.09. The van der Waals surface area contributed by atoms with E-state index in [2.05, 4.69) is 29.8 Å². The standard InChI is InChI=1S/C15H25NOS/c1-2-16-13(7-9-14-5-3-11-17-14)8-10-15-6-4-12-18-15/h4,6,12-14,16H,2-3,5,7-11H2,1H3. The molecular formula is C15H25NOS. The molecule has 1 saturated heterocycles. The lowest BCUT2D eigenvalue weighted by Gasteiger charge is -2.19. The van der Waals surface area contributed by atoms with Gasteiger partial charge in [-0.25, -0.2) is 0 Å². The van der Waals surface area contributed by atoms with Crippen LogP contribution >= 0.6 is 11.3 Å². The van der Waals surface area contributed by atoms with Gasteiger partial charge in [-0.05, 0) is 56.5 Å². The summed E-state index contributed by atoms with van der Waals surface area (Å²) in [5.41, 5.74) is 0. The number of aryl methyl sites for hydroxylation is 1. The quantitative estimate of drug-likeness (QED) is 0.777. The van der Waals surface area contributed by atoms with Crippen LogP contribution in [0.15, 0.2) is 17.5 Å². The summed E-state index contributed by atoms with van der Waals surface area (Å²) in [4.78, 5) is 1.51. The van der Waals surface area contributed by atoms with Crippen molar-refractivity contribution in [3.8, 4) is 0 Å². The first kappa shape index (κ1) is 14.0. The molecule has 0 spiro atoms. The topological polar surface area (TPSA) is 21.3 Å². The van der Waals surface area contributed by atoms with Crippen molar-refractivity contribution >= 4 is 11.3 Å². The van der Waals surface area contributed by atoms with Gasteiger partial charge in [0.15, 0.2) is 0 Å². The molecule has 102 valence electrons. The Hall–Kier alpha value is -0.380. The Kier molecular flexibility index (Phi) is 6.18. The van der Waals surface area contributed by atoms with Crippen LogP contribution in [-0.4, -0.2) is 25.3 Å². The minimum absolute atomic E-state index is 0.535. The van der Waals surface area contributed by atoms with E-state index in [0.29, 0.717) is 12.1 Å². The summed E-state index contributed by atoms with van der Waals surface area (Å²) < 4.78 is 5.71. The van der Waals surface area contributed by atoms with Crippen molar-refractivity contribution in [2.75, 3.05) is 13.2 Å². The summed E-state index contributed by atoms with van der Waals surface area (Å²) in [5.74, 6) is 0. The van der Waals surface area contributed by atoms with E-state index in [4.69, 9.17) is 4.74 Å². The first-order valence-corrected chi connectivity index (χ1v) is 8.14. The monoisotopic (exact) mass is 267 g/mol. The van der Waals surface area contributed by atoms with Crippen molar-refractivity contribution < 1.29 is 4.74 Å². The van der Waals surface area contributed by atoms with E-state index in [0.717, 1.165) is 13.2 Å². The van der Waals surface area contributed by atoms with Crippen LogP contribution in [0.5, 0.6) is 0 Å². The van der Waals surface area contributed by atoms with Gasteiger partial charge in [-0.3, -0.25) is 0 Å². The molecule has 0 bridgehead atoms. The van der Waals surface area contributed by atoms with Gasteiger partial charge in [0.2, 0.25) is 0 Å². The maximum absolute atomic E-state index is 5.71. The molecule has 1 aromatic rings. The highest BCUT2D eigenvalue weighted by Crippen LogP contribution is 2.20. The van der Waals surface area contributed by atoms with Gasteiger partial charge in [0.05, 0.1) is 6.10 Å². The third-order valence-electron chi connectivity index (χ3n) is 3.67. The van der Waals surface area contributed by atoms with E-state index < -0.39 is 0 Å². The highest BCUT2D eigenvalue weighted by Gasteiger charge is 2.17. The van der Waals surface area contributed by atoms with E-state index in [1.54, 1.807) is 0 Å². The van der Waals surface area contributed by atoms with Crippen LogP contribution in [0.3, 0.4) is 0 Å². The average molecular weight is 267 g/mol. The number of nitrogens with one attached hydrogen (secondary N) is 1. The molecule has 1 aliphatic heterocycles. The molecule has 3 heteroatoms. The molecule has 0 radical (unpaired) electrons. The predicted molar refractivity (Wildman–Crippen MR) is 78.3 cm³/mol. The molecule has 0 amide bonds. The molecule has 1 aliphatic rings. The molecule has 2 unspecified atom stereocenters. The normalized spacial score (nSPS) is 21.3. The van der Waals surface area contributed by atoms with Crippen LogP contribution in [0.25, 0.3) is 0 Å². The van der Waals surface area contributed by atoms with Crippen LogP contribution in [-0.2, 0) is 11.2 Å². The Morgan fingerprint density at radius 2 is 2.44 bits per heavy atom. The lowest BCUT2D eigenvalue weighted by atomic mass is 10.0. The van der Waals surface area contributed by atoms with E-state index in [1.807, 2.05) is 11.3 Å². The number of thiophene rings is 1. The summed E-state index contributed by atoms with van der Waals surface area (Å²) in [6, 6.07) is 5.05. The third-order valence-corrected chi connectivity index (χ3v) is 4.61. The largest absolute Gasteiger partial charge is 0.378 e. The molecule has 2 atom stereocenters. The average Bonchev–Trinajstić information content (AvgIpc) is 3.05. The van der Waals surface area contributed by atoms with Gasteiger partial charge in [0.25, 0.3) is 0 Å². The maximum Gasteiger partial charge on any atom is 0.0576 e. The minimum Gasteiger partial charge on any atom is -0.378 e. The fourth-order valence-corrected chi connectivity index (χ4v) is 3.39. The molecule has 18 heavy (non-hydrogen) atoms. The minimum atomic E-state index is 0.535. The van der Waals surface area contributed by atoms with Crippen molar-refractivity contribution in [1.29, 1.82) is 0 Å². The second-order valence-electron chi connectivity index (χ2n) is 5.09. The Morgan fingerprint density at radius 3 is 3.11 bits per heavy atom. The highest BCUT2D eigenvalue weighted by atomic mass is 32.1. The van der Waals surface area contributed by atoms with Crippen LogP contribution in [0.4, 0.5) is 0 Å². The van der Waals surface area contributed by atoms with E-state index >= 15 is 0 Å². The van der Waals surface area contributed by atoms with E-state index in [1.165, 1.54) is 43.4 Å². The number of rotatable bonds is 8. The molecule has 0 aromatic carbocycles. The van der Waals surface area contributed by atoms with Crippen molar-refractivity contribution in [3.63, 3.8) is 0 Å². The Bertz CT molecular complexity index is 306. The fourth-order valence-electron chi connectivity index (χ4n) is 2.67. The van der Waals surface area contributed by atoms with E-state index in [-0.39, 0.29) is 0 Å². The predicted octanol–water partition coefficient (Wildman–Crippen LogP) is 3.62. The molecule has 0 saturated carbocycles. The van der Waals surface area contributed by atoms with E-state index in [9.17, 15) is 0 Å². The summed E-state index contributed by atoms with van der Waals surface area (Å²) >= 11 is 1.87. The molecule has 1 aromatic heterocycles. The van der Waals surface area contributed by atoms with Crippen LogP contribution < -0.4 is 5.32 Å². The number of hydrogen-bond acceptors (Lipinski definition) is 3. The van der Waals surface area contributed by atoms with Gasteiger partial charge >= 0.3 is 0 Å². The second kappa shape index (κ2) is 7.93. The van der Waals surface area contributed by atoms with Crippen molar-refractivity contribution in [2.24, 2.45) is 0 Å². The Labute approximate surface area is 115 Å². The summed E-state index contributed by atoms with van der Waals surface area (Å²) in [7, 11) is 0. The smallest absolute Gasteiger partial charge is 0.0576 e.